The molecule has 1 aromatic carbocycles. The molecule has 0 amide bonds. The summed E-state index contributed by atoms with van der Waals surface area (Å²) in [5, 5.41) is 0.417. The summed E-state index contributed by atoms with van der Waals surface area (Å²) >= 11 is 6.55. The minimum absolute atomic E-state index is 0.0593. The van der Waals surface area contributed by atoms with Crippen molar-refractivity contribution in [1.29, 1.82) is 0 Å². The molecule has 1 heterocycles. The molecular weight excluding hydrogens is 319 g/mol. The van der Waals surface area contributed by atoms with E-state index in [0.717, 1.165) is 44.9 Å². The molecule has 4 rings (SSSR count). The van der Waals surface area contributed by atoms with Gasteiger partial charge in [0.05, 0.1) is 15.9 Å². The highest BCUT2D eigenvalue weighted by Gasteiger charge is 2.31. The van der Waals surface area contributed by atoms with Crippen molar-refractivity contribution in [2.75, 3.05) is 0 Å². The quantitative estimate of drug-likeness (QED) is 0.905. The van der Waals surface area contributed by atoms with Gasteiger partial charge in [-0.25, -0.2) is 9.18 Å². The molecular formula is C17H18ClFN2O2. The summed E-state index contributed by atoms with van der Waals surface area (Å²) < 4.78 is 16.2. The summed E-state index contributed by atoms with van der Waals surface area (Å²) in [7, 11) is 0. The van der Waals surface area contributed by atoms with Gasteiger partial charge >= 0.3 is 5.69 Å². The van der Waals surface area contributed by atoms with E-state index >= 15 is 0 Å². The highest BCUT2D eigenvalue weighted by molar-refractivity contribution is 6.36. The predicted octanol–water partition coefficient (Wildman–Crippen LogP) is 3.86. The van der Waals surface area contributed by atoms with Gasteiger partial charge in [0.2, 0.25) is 0 Å². The number of hydrogen-bond donors (Lipinski definition) is 1. The monoisotopic (exact) mass is 336 g/mol. The summed E-state index contributed by atoms with van der Waals surface area (Å²) in [5.74, 6) is -0.358. The standard InChI is InChI=1S/C17H18ClFN2O2/c18-14-13(9-4-2-1-3-5-9)12(19)8-11-15(14)21(10-6-7-10)17(23)20-16(11)22/h8-10H,1-7H2,(H,20,22,23). The van der Waals surface area contributed by atoms with Gasteiger partial charge in [0.1, 0.15) is 5.82 Å². The number of aromatic nitrogens is 2. The first-order chi connectivity index (χ1) is 11.1. The zero-order chi connectivity index (χ0) is 16.1. The fourth-order valence-corrected chi connectivity index (χ4v) is 4.24. The molecule has 0 saturated heterocycles. The number of aromatic amines is 1. The number of benzene rings is 1. The maximum absolute atomic E-state index is 14.7. The zero-order valence-corrected chi connectivity index (χ0v) is 13.5. The number of halogens is 2. The van der Waals surface area contributed by atoms with E-state index < -0.39 is 17.1 Å². The lowest BCUT2D eigenvalue weighted by Crippen LogP contribution is -2.30. The maximum atomic E-state index is 14.7. The first-order valence-corrected chi connectivity index (χ1v) is 8.62. The Bertz CT molecular complexity index is 892. The van der Waals surface area contributed by atoms with Gasteiger partial charge in [0.25, 0.3) is 5.56 Å². The van der Waals surface area contributed by atoms with Gasteiger partial charge < -0.3 is 0 Å². The van der Waals surface area contributed by atoms with E-state index in [2.05, 4.69) is 4.98 Å². The molecule has 122 valence electrons. The second-order valence-corrected chi connectivity index (χ2v) is 7.06. The molecule has 2 saturated carbocycles. The molecule has 2 aliphatic carbocycles. The van der Waals surface area contributed by atoms with Gasteiger partial charge in [-0.05, 0) is 37.7 Å². The van der Waals surface area contributed by atoms with E-state index in [1.54, 1.807) is 4.57 Å². The van der Waals surface area contributed by atoms with Crippen LogP contribution in [0.25, 0.3) is 10.9 Å². The highest BCUT2D eigenvalue weighted by atomic mass is 35.5. The van der Waals surface area contributed by atoms with Crippen LogP contribution in [0.1, 0.15) is 62.5 Å². The minimum Gasteiger partial charge on any atom is -0.289 e. The van der Waals surface area contributed by atoms with Crippen LogP contribution >= 0.6 is 11.6 Å². The molecule has 0 unspecified atom stereocenters. The lowest BCUT2D eigenvalue weighted by atomic mass is 9.83. The third-order valence-corrected chi connectivity index (χ3v) is 5.46. The Labute approximate surface area is 137 Å². The summed E-state index contributed by atoms with van der Waals surface area (Å²) in [6.07, 6.45) is 6.85. The molecule has 0 spiro atoms. The number of hydrogen-bond acceptors (Lipinski definition) is 2. The van der Waals surface area contributed by atoms with Gasteiger partial charge in [0, 0.05) is 11.6 Å². The van der Waals surface area contributed by atoms with Crippen LogP contribution < -0.4 is 11.2 Å². The van der Waals surface area contributed by atoms with Crippen molar-refractivity contribution >= 4 is 22.5 Å². The second-order valence-electron chi connectivity index (χ2n) is 6.68. The van der Waals surface area contributed by atoms with Gasteiger partial charge in [-0.2, -0.15) is 0 Å². The number of fused-ring (bicyclic) bond motifs is 1. The Morgan fingerprint density at radius 1 is 1.13 bits per heavy atom. The first kappa shape index (κ1) is 14.9. The Hall–Kier alpha value is -1.62. The second kappa shape index (κ2) is 5.48. The summed E-state index contributed by atoms with van der Waals surface area (Å²) in [6, 6.07) is 1.31. The Kier molecular flexibility index (Phi) is 3.56. The third kappa shape index (κ3) is 2.42. The van der Waals surface area contributed by atoms with Gasteiger partial charge in [-0.15, -0.1) is 0 Å². The Balaban J connectivity index is 2.04. The average Bonchev–Trinajstić information content (AvgIpc) is 3.34. The highest BCUT2D eigenvalue weighted by Crippen LogP contribution is 2.42. The molecule has 0 radical (unpaired) electrons. The van der Waals surface area contributed by atoms with E-state index in [1.165, 1.54) is 6.07 Å². The van der Waals surface area contributed by atoms with Crippen molar-refractivity contribution in [2.45, 2.75) is 56.9 Å². The molecule has 0 atom stereocenters. The number of H-pyrrole nitrogens is 1. The smallest absolute Gasteiger partial charge is 0.289 e. The molecule has 0 bridgehead atoms. The fraction of sp³-hybridized carbons (Fsp3) is 0.529. The van der Waals surface area contributed by atoms with Gasteiger partial charge in [-0.3, -0.25) is 14.3 Å². The molecule has 6 heteroatoms. The molecule has 2 aliphatic rings. The molecule has 23 heavy (non-hydrogen) atoms. The Morgan fingerprint density at radius 2 is 1.83 bits per heavy atom. The van der Waals surface area contributed by atoms with Crippen molar-refractivity contribution in [1.82, 2.24) is 9.55 Å². The third-order valence-electron chi connectivity index (χ3n) is 5.08. The van der Waals surface area contributed by atoms with Crippen LogP contribution in [-0.2, 0) is 0 Å². The molecule has 0 aliphatic heterocycles. The van der Waals surface area contributed by atoms with Crippen LogP contribution in [0.5, 0.6) is 0 Å². The normalized spacial score (nSPS) is 19.4. The van der Waals surface area contributed by atoms with E-state index in [9.17, 15) is 14.0 Å². The summed E-state index contributed by atoms with van der Waals surface area (Å²) in [5.41, 5.74) is -0.130. The van der Waals surface area contributed by atoms with E-state index in [4.69, 9.17) is 11.6 Å². The first-order valence-electron chi connectivity index (χ1n) is 8.24. The van der Waals surface area contributed by atoms with Crippen molar-refractivity contribution < 1.29 is 4.39 Å². The minimum atomic E-state index is -0.571. The van der Waals surface area contributed by atoms with Crippen LogP contribution in [0.2, 0.25) is 5.02 Å². The van der Waals surface area contributed by atoms with E-state index in [-0.39, 0.29) is 22.4 Å². The van der Waals surface area contributed by atoms with Gasteiger partial charge in [-0.1, -0.05) is 30.9 Å². The largest absolute Gasteiger partial charge is 0.329 e. The summed E-state index contributed by atoms with van der Waals surface area (Å²) in [6.45, 7) is 0. The topological polar surface area (TPSA) is 54.9 Å². The van der Waals surface area contributed by atoms with Crippen molar-refractivity contribution in [3.8, 4) is 0 Å². The maximum Gasteiger partial charge on any atom is 0.329 e. The van der Waals surface area contributed by atoms with E-state index in [1.807, 2.05) is 0 Å². The zero-order valence-electron chi connectivity index (χ0n) is 12.7. The number of nitrogens with zero attached hydrogens (tertiary/aromatic N) is 1. The van der Waals surface area contributed by atoms with Crippen molar-refractivity contribution in [2.24, 2.45) is 0 Å². The SMILES string of the molecule is O=c1[nH]c(=O)n(C2CC2)c2c(Cl)c(C3CCCCC3)c(F)cc12. The van der Waals surface area contributed by atoms with Crippen LogP contribution in [-0.4, -0.2) is 9.55 Å². The number of nitrogens with one attached hydrogen (secondary N) is 1. The van der Waals surface area contributed by atoms with Crippen LogP contribution in [0, 0.1) is 5.82 Å². The lowest BCUT2D eigenvalue weighted by molar-refractivity contribution is 0.430. The summed E-state index contributed by atoms with van der Waals surface area (Å²) in [4.78, 5) is 26.6. The fourth-order valence-electron chi connectivity index (χ4n) is 3.80. The molecule has 4 nitrogen and oxygen atoms in total. The predicted molar refractivity (Wildman–Crippen MR) is 87.9 cm³/mol. The number of rotatable bonds is 2. The lowest BCUT2D eigenvalue weighted by Gasteiger charge is -2.24. The molecule has 1 N–H and O–H groups in total. The van der Waals surface area contributed by atoms with E-state index in [0.29, 0.717) is 11.1 Å². The molecule has 2 fully saturated rings. The van der Waals surface area contributed by atoms with Crippen molar-refractivity contribution in [3.05, 3.63) is 43.3 Å². The van der Waals surface area contributed by atoms with Crippen LogP contribution in [0.3, 0.4) is 0 Å². The Morgan fingerprint density at radius 3 is 2.48 bits per heavy atom. The molecule has 2 aromatic rings. The van der Waals surface area contributed by atoms with Crippen LogP contribution in [0.15, 0.2) is 15.7 Å². The average molecular weight is 337 g/mol. The van der Waals surface area contributed by atoms with Gasteiger partial charge in [0.15, 0.2) is 0 Å². The van der Waals surface area contributed by atoms with Crippen LogP contribution in [0.4, 0.5) is 4.39 Å². The van der Waals surface area contributed by atoms with Crippen molar-refractivity contribution in [3.63, 3.8) is 0 Å². The molecule has 1 aromatic heterocycles.